The number of nitrogens with two attached hydrogens (primary N) is 1. The van der Waals surface area contributed by atoms with E-state index in [1.807, 2.05) is 0 Å². The van der Waals surface area contributed by atoms with Crippen LogP contribution in [0.25, 0.3) is 0 Å². The Balaban J connectivity index is 0.00000261. The summed E-state index contributed by atoms with van der Waals surface area (Å²) in [6, 6.07) is 6.27. The van der Waals surface area contributed by atoms with Crippen LogP contribution in [0.5, 0.6) is 5.75 Å². The lowest BCUT2D eigenvalue weighted by Crippen LogP contribution is -2.60. The number of benzene rings is 1. The number of rotatable bonds is 4. The minimum absolute atomic E-state index is 0. The zero-order chi connectivity index (χ0) is 18.9. The molecule has 1 amide bonds. The third-order valence-electron chi connectivity index (χ3n) is 5.57. The lowest BCUT2D eigenvalue weighted by molar-refractivity contribution is -0.127. The van der Waals surface area contributed by atoms with Crippen molar-refractivity contribution in [3.05, 3.63) is 24.3 Å². The maximum absolute atomic E-state index is 13.1. The van der Waals surface area contributed by atoms with Crippen LogP contribution in [-0.4, -0.2) is 49.1 Å². The molecule has 0 spiro atoms. The van der Waals surface area contributed by atoms with Gasteiger partial charge in [0, 0.05) is 31.4 Å². The molecule has 3 rings (SSSR count). The molecule has 2 heterocycles. The van der Waals surface area contributed by atoms with Crippen molar-refractivity contribution in [3.8, 4) is 5.75 Å². The summed E-state index contributed by atoms with van der Waals surface area (Å²) in [5.74, 6) is 0.168. The molecule has 0 aromatic heterocycles. The highest BCUT2D eigenvalue weighted by molar-refractivity contribution is 5.98. The summed E-state index contributed by atoms with van der Waals surface area (Å²) in [7, 11) is 0. The first-order valence-electron chi connectivity index (χ1n) is 9.14. The Hall–Kier alpha value is -1.44. The molecule has 0 bridgehead atoms. The molecule has 2 aliphatic rings. The fraction of sp³-hybridized carbons (Fsp3) is 0.632. The van der Waals surface area contributed by atoms with Gasteiger partial charge in [-0.25, -0.2) is 0 Å². The van der Waals surface area contributed by atoms with E-state index in [-0.39, 0.29) is 41.6 Å². The third-order valence-corrected chi connectivity index (χ3v) is 5.57. The first kappa shape index (κ1) is 21.9. The molecule has 0 radical (unpaired) electrons. The summed E-state index contributed by atoms with van der Waals surface area (Å²) in [6.45, 7) is 3.72. The van der Waals surface area contributed by atoms with Crippen LogP contribution >= 0.6 is 12.4 Å². The fourth-order valence-electron chi connectivity index (χ4n) is 3.94. The van der Waals surface area contributed by atoms with Gasteiger partial charge in [-0.15, -0.1) is 12.4 Å². The molecule has 1 aromatic carbocycles. The van der Waals surface area contributed by atoms with Crippen LogP contribution in [0.4, 0.5) is 14.5 Å². The number of carbonyl (C=O) groups excluding carboxylic acids is 1. The van der Waals surface area contributed by atoms with Crippen molar-refractivity contribution in [1.29, 1.82) is 0 Å². The van der Waals surface area contributed by atoms with E-state index in [4.69, 9.17) is 5.73 Å². The molecule has 5 nitrogen and oxygen atoms in total. The number of alkyl halides is 2. The smallest absolute Gasteiger partial charge is 0.387 e. The van der Waals surface area contributed by atoms with Gasteiger partial charge in [0.1, 0.15) is 5.75 Å². The van der Waals surface area contributed by atoms with E-state index in [1.54, 1.807) is 17.0 Å². The molecule has 2 N–H and O–H groups in total. The van der Waals surface area contributed by atoms with Crippen LogP contribution in [0.15, 0.2) is 24.3 Å². The number of hydrogen-bond acceptors (Lipinski definition) is 4. The number of ether oxygens (including phenoxy) is 1. The lowest BCUT2D eigenvalue weighted by Gasteiger charge is -2.47. The second-order valence-corrected chi connectivity index (χ2v) is 7.87. The summed E-state index contributed by atoms with van der Waals surface area (Å²) < 4.78 is 28.9. The highest BCUT2D eigenvalue weighted by atomic mass is 35.5. The average molecular weight is 404 g/mol. The van der Waals surface area contributed by atoms with Crippen LogP contribution < -0.4 is 15.4 Å². The number of amides is 1. The summed E-state index contributed by atoms with van der Waals surface area (Å²) in [5.41, 5.74) is 6.92. The fourth-order valence-corrected chi connectivity index (χ4v) is 3.94. The second kappa shape index (κ2) is 8.71. The van der Waals surface area contributed by atoms with E-state index in [0.29, 0.717) is 12.2 Å². The molecule has 0 aliphatic carbocycles. The molecular formula is C19H28ClF2N3O2. The van der Waals surface area contributed by atoms with E-state index in [2.05, 4.69) is 23.5 Å². The van der Waals surface area contributed by atoms with Crippen molar-refractivity contribution in [2.45, 2.75) is 51.8 Å². The first-order valence-corrected chi connectivity index (χ1v) is 9.14. The van der Waals surface area contributed by atoms with Gasteiger partial charge in [-0.3, -0.25) is 9.69 Å². The van der Waals surface area contributed by atoms with Crippen molar-refractivity contribution < 1.29 is 18.3 Å². The lowest BCUT2D eigenvalue weighted by atomic mass is 9.79. The van der Waals surface area contributed by atoms with Crippen LogP contribution in [-0.2, 0) is 4.79 Å². The maximum Gasteiger partial charge on any atom is 0.387 e. The van der Waals surface area contributed by atoms with Gasteiger partial charge in [0.25, 0.3) is 0 Å². The van der Waals surface area contributed by atoms with Crippen molar-refractivity contribution in [1.82, 2.24) is 4.90 Å². The molecule has 152 valence electrons. The highest BCUT2D eigenvalue weighted by Gasteiger charge is 2.40. The predicted octanol–water partition coefficient (Wildman–Crippen LogP) is 3.26. The van der Waals surface area contributed by atoms with E-state index < -0.39 is 6.61 Å². The molecule has 2 aliphatic heterocycles. The average Bonchev–Trinajstić information content (AvgIpc) is 2.58. The number of nitrogens with zero attached hydrogens (tertiary/aromatic N) is 2. The normalized spacial score (nSPS) is 26.0. The SMILES string of the molecule is CC1(C)CN(C2CCCN(c3ccc(OC(F)F)cc3)C2=O)CCC1N.Cl. The molecule has 0 saturated carbocycles. The third kappa shape index (κ3) is 4.89. The minimum Gasteiger partial charge on any atom is -0.435 e. The van der Waals surface area contributed by atoms with Crippen LogP contribution in [0, 0.1) is 5.41 Å². The van der Waals surface area contributed by atoms with Crippen molar-refractivity contribution in [2.75, 3.05) is 24.5 Å². The zero-order valence-electron chi connectivity index (χ0n) is 15.7. The van der Waals surface area contributed by atoms with Gasteiger partial charge in [-0.05, 0) is 48.9 Å². The van der Waals surface area contributed by atoms with Gasteiger partial charge < -0.3 is 15.4 Å². The second-order valence-electron chi connectivity index (χ2n) is 7.87. The number of piperidine rings is 2. The summed E-state index contributed by atoms with van der Waals surface area (Å²) in [4.78, 5) is 17.1. The molecule has 8 heteroatoms. The Morgan fingerprint density at radius 3 is 2.44 bits per heavy atom. The van der Waals surface area contributed by atoms with Gasteiger partial charge in [0.2, 0.25) is 5.91 Å². The number of likely N-dealkylation sites (tertiary alicyclic amines) is 1. The standard InChI is InChI=1S/C19H27F2N3O2.ClH/c1-19(2)12-23(11-9-16(19)22)15-4-3-10-24(17(15)25)13-5-7-14(8-6-13)26-18(20)21;/h5-8,15-16,18H,3-4,9-12,22H2,1-2H3;1H. The molecule has 2 saturated heterocycles. The highest BCUT2D eigenvalue weighted by Crippen LogP contribution is 2.32. The largest absolute Gasteiger partial charge is 0.435 e. The molecular weight excluding hydrogens is 376 g/mol. The molecule has 1 aromatic rings. The van der Waals surface area contributed by atoms with Gasteiger partial charge in [-0.2, -0.15) is 8.78 Å². The monoisotopic (exact) mass is 403 g/mol. The number of anilines is 1. The quantitative estimate of drug-likeness (QED) is 0.838. The van der Waals surface area contributed by atoms with Gasteiger partial charge in [-0.1, -0.05) is 13.8 Å². The van der Waals surface area contributed by atoms with Crippen molar-refractivity contribution >= 4 is 24.0 Å². The maximum atomic E-state index is 13.1. The summed E-state index contributed by atoms with van der Waals surface area (Å²) in [5, 5.41) is 0. The van der Waals surface area contributed by atoms with E-state index in [1.165, 1.54) is 12.1 Å². The summed E-state index contributed by atoms with van der Waals surface area (Å²) >= 11 is 0. The Labute approximate surface area is 165 Å². The van der Waals surface area contributed by atoms with E-state index >= 15 is 0 Å². The van der Waals surface area contributed by atoms with Crippen molar-refractivity contribution in [2.24, 2.45) is 11.1 Å². The molecule has 2 unspecified atom stereocenters. The Morgan fingerprint density at radius 1 is 1.19 bits per heavy atom. The molecule has 2 atom stereocenters. The number of halogens is 3. The molecule has 2 fully saturated rings. The Bertz CT molecular complexity index is 642. The van der Waals surface area contributed by atoms with Gasteiger partial charge in [0.05, 0.1) is 6.04 Å². The Kier molecular flexibility index (Phi) is 7.05. The first-order chi connectivity index (χ1) is 12.3. The predicted molar refractivity (Wildman–Crippen MR) is 104 cm³/mol. The van der Waals surface area contributed by atoms with Gasteiger partial charge >= 0.3 is 6.61 Å². The summed E-state index contributed by atoms with van der Waals surface area (Å²) in [6.07, 6.45) is 2.64. The van der Waals surface area contributed by atoms with Gasteiger partial charge in [0.15, 0.2) is 0 Å². The van der Waals surface area contributed by atoms with Crippen LogP contribution in [0.2, 0.25) is 0 Å². The number of carbonyl (C=O) groups is 1. The molecule has 27 heavy (non-hydrogen) atoms. The van der Waals surface area contributed by atoms with Crippen LogP contribution in [0.3, 0.4) is 0 Å². The zero-order valence-corrected chi connectivity index (χ0v) is 16.6. The van der Waals surface area contributed by atoms with E-state index in [9.17, 15) is 13.6 Å². The number of hydrogen-bond donors (Lipinski definition) is 1. The topological polar surface area (TPSA) is 58.8 Å². The van der Waals surface area contributed by atoms with Crippen LogP contribution in [0.1, 0.15) is 33.1 Å². The Morgan fingerprint density at radius 2 is 1.85 bits per heavy atom. The van der Waals surface area contributed by atoms with Crippen molar-refractivity contribution in [3.63, 3.8) is 0 Å². The minimum atomic E-state index is -2.85. The van der Waals surface area contributed by atoms with E-state index in [0.717, 1.165) is 32.4 Å².